The first kappa shape index (κ1) is 13.0. The minimum Gasteiger partial charge on any atom is -0.389 e. The molecule has 0 aliphatic rings. The maximum atomic E-state index is 11.3. The van der Waals surface area contributed by atoms with Gasteiger partial charge in [0.25, 0.3) is 0 Å². The Morgan fingerprint density at radius 1 is 1.35 bits per heavy atom. The van der Waals surface area contributed by atoms with Crippen LogP contribution in [0.1, 0.15) is 18.6 Å². The zero-order valence-corrected chi connectivity index (χ0v) is 9.43. The van der Waals surface area contributed by atoms with Gasteiger partial charge in [0.1, 0.15) is 0 Å². The molecule has 1 aromatic carbocycles. The Hall–Kier alpha value is -2.08. The van der Waals surface area contributed by atoms with E-state index in [4.69, 9.17) is 5.73 Å². The molecule has 17 heavy (non-hydrogen) atoms. The smallest absolute Gasteiger partial charge is 0.319 e. The van der Waals surface area contributed by atoms with Crippen LogP contribution in [0.2, 0.25) is 0 Å². The quantitative estimate of drug-likeness (QED) is 0.607. The number of hydrogen-bond donors (Lipinski definition) is 4. The van der Waals surface area contributed by atoms with Gasteiger partial charge < -0.3 is 21.5 Å². The standard InChI is InChI=1S/C11H15N3O3/c1-7(15)8-2-4-9(5-3-8)14-11(17)13-6-10(12)16/h2-5,7,15H,6H2,1H3,(H2,12,16)(H2,13,14,17). The van der Waals surface area contributed by atoms with Crippen LogP contribution in [0.3, 0.4) is 0 Å². The van der Waals surface area contributed by atoms with E-state index >= 15 is 0 Å². The van der Waals surface area contributed by atoms with Crippen molar-refractivity contribution in [3.05, 3.63) is 29.8 Å². The number of nitrogens with one attached hydrogen (secondary N) is 2. The minimum absolute atomic E-state index is 0.211. The highest BCUT2D eigenvalue weighted by Gasteiger charge is 2.04. The second kappa shape index (κ2) is 5.86. The normalized spacial score (nSPS) is 11.6. The summed E-state index contributed by atoms with van der Waals surface area (Å²) in [6.45, 7) is 1.44. The second-order valence-corrected chi connectivity index (χ2v) is 3.57. The molecule has 1 aromatic rings. The highest BCUT2D eigenvalue weighted by molar-refractivity contribution is 5.91. The number of primary amides is 1. The predicted octanol–water partition coefficient (Wildman–Crippen LogP) is 0.347. The molecule has 0 saturated heterocycles. The molecule has 6 heteroatoms. The molecule has 0 spiro atoms. The highest BCUT2D eigenvalue weighted by atomic mass is 16.3. The lowest BCUT2D eigenvalue weighted by Crippen LogP contribution is -2.36. The van der Waals surface area contributed by atoms with Gasteiger partial charge in [0, 0.05) is 5.69 Å². The third-order valence-corrected chi connectivity index (χ3v) is 2.07. The maximum Gasteiger partial charge on any atom is 0.319 e. The van der Waals surface area contributed by atoms with Crippen molar-refractivity contribution in [2.24, 2.45) is 5.73 Å². The summed E-state index contributed by atoms with van der Waals surface area (Å²) in [6, 6.07) is 6.22. The summed E-state index contributed by atoms with van der Waals surface area (Å²) in [7, 11) is 0. The average Bonchev–Trinajstić information content (AvgIpc) is 2.27. The van der Waals surface area contributed by atoms with Crippen molar-refractivity contribution in [3.63, 3.8) is 0 Å². The third-order valence-electron chi connectivity index (χ3n) is 2.07. The molecule has 0 aliphatic heterocycles. The lowest BCUT2D eigenvalue weighted by molar-refractivity contribution is -0.117. The Morgan fingerprint density at radius 3 is 2.41 bits per heavy atom. The summed E-state index contributed by atoms with van der Waals surface area (Å²) in [5, 5.41) is 14.1. The Bertz CT molecular complexity index is 401. The molecule has 0 saturated carbocycles. The SMILES string of the molecule is CC(O)c1ccc(NC(=O)NCC(N)=O)cc1. The number of aliphatic hydroxyl groups is 1. The summed E-state index contributed by atoms with van der Waals surface area (Å²) in [5.41, 5.74) is 6.20. The van der Waals surface area contributed by atoms with Crippen molar-refractivity contribution in [2.75, 3.05) is 11.9 Å². The molecule has 5 N–H and O–H groups in total. The highest BCUT2D eigenvalue weighted by Crippen LogP contribution is 2.15. The molecule has 92 valence electrons. The zero-order valence-electron chi connectivity index (χ0n) is 9.43. The lowest BCUT2D eigenvalue weighted by Gasteiger charge is -2.08. The van der Waals surface area contributed by atoms with Gasteiger partial charge in [0.15, 0.2) is 0 Å². The van der Waals surface area contributed by atoms with Gasteiger partial charge in [0.05, 0.1) is 12.6 Å². The number of benzene rings is 1. The molecule has 0 aromatic heterocycles. The van der Waals surface area contributed by atoms with Crippen molar-refractivity contribution in [2.45, 2.75) is 13.0 Å². The van der Waals surface area contributed by atoms with Crippen LogP contribution in [0.15, 0.2) is 24.3 Å². The zero-order chi connectivity index (χ0) is 12.8. The maximum absolute atomic E-state index is 11.3. The van der Waals surface area contributed by atoms with E-state index < -0.39 is 18.0 Å². The van der Waals surface area contributed by atoms with Crippen LogP contribution in [0.5, 0.6) is 0 Å². The Labute approximate surface area is 98.8 Å². The molecule has 6 nitrogen and oxygen atoms in total. The van der Waals surface area contributed by atoms with Crippen LogP contribution < -0.4 is 16.4 Å². The molecular formula is C11H15N3O3. The van der Waals surface area contributed by atoms with Crippen molar-refractivity contribution in [3.8, 4) is 0 Å². The number of nitrogens with two attached hydrogens (primary N) is 1. The monoisotopic (exact) mass is 237 g/mol. The van der Waals surface area contributed by atoms with E-state index in [1.807, 2.05) is 0 Å². The lowest BCUT2D eigenvalue weighted by atomic mass is 10.1. The molecule has 0 aliphatic carbocycles. The van der Waals surface area contributed by atoms with E-state index in [2.05, 4.69) is 10.6 Å². The van der Waals surface area contributed by atoms with Gasteiger partial charge in [0.2, 0.25) is 5.91 Å². The molecule has 1 unspecified atom stereocenters. The van der Waals surface area contributed by atoms with Gasteiger partial charge >= 0.3 is 6.03 Å². The number of hydrogen-bond acceptors (Lipinski definition) is 3. The fraction of sp³-hybridized carbons (Fsp3) is 0.273. The molecule has 0 heterocycles. The van der Waals surface area contributed by atoms with E-state index in [0.29, 0.717) is 5.69 Å². The van der Waals surface area contributed by atoms with Gasteiger partial charge in [-0.05, 0) is 24.6 Å². The number of amides is 3. The largest absolute Gasteiger partial charge is 0.389 e. The number of carbonyl (C=O) groups is 2. The van der Waals surface area contributed by atoms with E-state index in [1.54, 1.807) is 31.2 Å². The Morgan fingerprint density at radius 2 is 1.94 bits per heavy atom. The van der Waals surface area contributed by atoms with Gasteiger partial charge in [-0.3, -0.25) is 4.79 Å². The van der Waals surface area contributed by atoms with E-state index in [-0.39, 0.29) is 6.54 Å². The summed E-state index contributed by atoms with van der Waals surface area (Å²) in [5.74, 6) is -0.607. The Balaban J connectivity index is 2.51. The van der Waals surface area contributed by atoms with Crippen LogP contribution >= 0.6 is 0 Å². The Kier molecular flexibility index (Phi) is 4.47. The number of urea groups is 1. The van der Waals surface area contributed by atoms with Crippen molar-refractivity contribution in [1.29, 1.82) is 0 Å². The van der Waals surface area contributed by atoms with Gasteiger partial charge in [-0.25, -0.2) is 4.79 Å². The fourth-order valence-corrected chi connectivity index (χ4v) is 1.19. The summed E-state index contributed by atoms with van der Waals surface area (Å²) in [6.07, 6.45) is -0.548. The molecule has 0 radical (unpaired) electrons. The first-order chi connectivity index (χ1) is 7.99. The molecule has 3 amide bonds. The van der Waals surface area contributed by atoms with Crippen LogP contribution in [-0.4, -0.2) is 23.6 Å². The average molecular weight is 237 g/mol. The first-order valence-corrected chi connectivity index (χ1v) is 5.10. The van der Waals surface area contributed by atoms with Crippen LogP contribution in [0.4, 0.5) is 10.5 Å². The molecule has 1 rings (SSSR count). The first-order valence-electron chi connectivity index (χ1n) is 5.10. The number of rotatable bonds is 4. The van der Waals surface area contributed by atoms with Crippen LogP contribution in [0.25, 0.3) is 0 Å². The molecule has 0 fully saturated rings. The van der Waals surface area contributed by atoms with Gasteiger partial charge in [-0.15, -0.1) is 0 Å². The molecule has 1 atom stereocenters. The minimum atomic E-state index is -0.607. The van der Waals surface area contributed by atoms with E-state index in [1.165, 1.54) is 0 Å². The van der Waals surface area contributed by atoms with Crippen LogP contribution in [-0.2, 0) is 4.79 Å². The van der Waals surface area contributed by atoms with E-state index in [0.717, 1.165) is 5.56 Å². The predicted molar refractivity (Wildman–Crippen MR) is 63.3 cm³/mol. The third kappa shape index (κ3) is 4.52. The van der Waals surface area contributed by atoms with E-state index in [9.17, 15) is 14.7 Å². The number of aliphatic hydroxyl groups excluding tert-OH is 1. The second-order valence-electron chi connectivity index (χ2n) is 3.57. The van der Waals surface area contributed by atoms with Crippen molar-refractivity contribution >= 4 is 17.6 Å². The van der Waals surface area contributed by atoms with Crippen molar-refractivity contribution < 1.29 is 14.7 Å². The van der Waals surface area contributed by atoms with Gasteiger partial charge in [-0.2, -0.15) is 0 Å². The number of carbonyl (C=O) groups excluding carboxylic acids is 2. The van der Waals surface area contributed by atoms with Gasteiger partial charge in [-0.1, -0.05) is 12.1 Å². The summed E-state index contributed by atoms with van der Waals surface area (Å²) >= 11 is 0. The fourth-order valence-electron chi connectivity index (χ4n) is 1.19. The van der Waals surface area contributed by atoms with Crippen molar-refractivity contribution in [1.82, 2.24) is 5.32 Å². The summed E-state index contributed by atoms with van der Waals surface area (Å²) < 4.78 is 0. The number of anilines is 1. The topological polar surface area (TPSA) is 104 Å². The molecule has 0 bridgehead atoms. The summed E-state index contributed by atoms with van der Waals surface area (Å²) in [4.78, 5) is 21.7. The molecular weight excluding hydrogens is 222 g/mol. The van der Waals surface area contributed by atoms with Crippen LogP contribution in [0, 0.1) is 0 Å².